The highest BCUT2D eigenvalue weighted by atomic mass is 16.3. The van der Waals surface area contributed by atoms with E-state index in [0.717, 1.165) is 18.8 Å². The van der Waals surface area contributed by atoms with Gasteiger partial charge in [0.15, 0.2) is 0 Å². The Balaban J connectivity index is 2.35. The Hall–Kier alpha value is -0.560. The third-order valence-electron chi connectivity index (χ3n) is 4.48. The largest absolute Gasteiger partial charge is 0.389 e. The molecule has 1 heteroatoms. The van der Waals surface area contributed by atoms with Crippen LogP contribution in [0.5, 0.6) is 0 Å². The Morgan fingerprint density at radius 3 is 2.80 bits per heavy atom. The van der Waals surface area contributed by atoms with Crippen LogP contribution in [-0.2, 0) is 0 Å². The van der Waals surface area contributed by atoms with Gasteiger partial charge in [0.25, 0.3) is 0 Å². The van der Waals surface area contributed by atoms with Gasteiger partial charge in [-0.05, 0) is 43.4 Å². The zero-order valence-corrected chi connectivity index (χ0v) is 10.0. The summed E-state index contributed by atoms with van der Waals surface area (Å²) in [6, 6.07) is 0. The van der Waals surface area contributed by atoms with E-state index in [0.29, 0.717) is 11.3 Å². The molecule has 0 fully saturated rings. The number of aliphatic hydroxyl groups excluding tert-OH is 1. The fraction of sp³-hybridized carbons (Fsp3) is 0.714. The molecule has 1 nitrogen and oxygen atoms in total. The molecule has 1 N–H and O–H groups in total. The van der Waals surface area contributed by atoms with E-state index in [-0.39, 0.29) is 6.10 Å². The molecule has 15 heavy (non-hydrogen) atoms. The number of rotatable bonds is 0. The van der Waals surface area contributed by atoms with Crippen molar-refractivity contribution in [2.45, 2.75) is 46.1 Å². The average Bonchev–Trinajstić information content (AvgIpc) is 2.15. The second kappa shape index (κ2) is 3.79. The van der Waals surface area contributed by atoms with Crippen molar-refractivity contribution in [2.75, 3.05) is 0 Å². The van der Waals surface area contributed by atoms with Gasteiger partial charge in [0.1, 0.15) is 0 Å². The second-order valence-corrected chi connectivity index (χ2v) is 5.72. The summed E-state index contributed by atoms with van der Waals surface area (Å²) in [5, 5.41) is 9.86. The molecule has 0 aromatic carbocycles. The SMILES string of the molecule is CC1=CC[C@H]2C/C=C\[C@@H](O)C[C@@H]1C2(C)C. The van der Waals surface area contributed by atoms with Gasteiger partial charge in [0.2, 0.25) is 0 Å². The first-order chi connectivity index (χ1) is 7.01. The summed E-state index contributed by atoms with van der Waals surface area (Å²) in [6.07, 6.45) is 9.49. The van der Waals surface area contributed by atoms with Crippen LogP contribution in [0.4, 0.5) is 0 Å². The molecule has 84 valence electrons. The molecule has 0 saturated heterocycles. The van der Waals surface area contributed by atoms with Crippen molar-refractivity contribution in [1.29, 1.82) is 0 Å². The van der Waals surface area contributed by atoms with E-state index in [9.17, 15) is 5.11 Å². The molecule has 2 aliphatic carbocycles. The van der Waals surface area contributed by atoms with Gasteiger partial charge >= 0.3 is 0 Å². The first-order valence-corrected chi connectivity index (χ1v) is 6.03. The van der Waals surface area contributed by atoms with E-state index in [4.69, 9.17) is 0 Å². The zero-order valence-electron chi connectivity index (χ0n) is 10.0. The van der Waals surface area contributed by atoms with E-state index in [2.05, 4.69) is 32.9 Å². The third kappa shape index (κ3) is 1.90. The molecule has 0 aromatic rings. The van der Waals surface area contributed by atoms with Crippen molar-refractivity contribution in [3.05, 3.63) is 23.8 Å². The van der Waals surface area contributed by atoms with Gasteiger partial charge in [-0.2, -0.15) is 0 Å². The topological polar surface area (TPSA) is 20.2 Å². The van der Waals surface area contributed by atoms with Gasteiger partial charge in [-0.3, -0.25) is 0 Å². The Morgan fingerprint density at radius 1 is 1.33 bits per heavy atom. The van der Waals surface area contributed by atoms with Gasteiger partial charge < -0.3 is 5.11 Å². The average molecular weight is 206 g/mol. The van der Waals surface area contributed by atoms with E-state index in [1.54, 1.807) is 0 Å². The van der Waals surface area contributed by atoms with Crippen LogP contribution in [0.25, 0.3) is 0 Å². The zero-order chi connectivity index (χ0) is 11.1. The molecule has 0 spiro atoms. The maximum Gasteiger partial charge on any atom is 0.0726 e. The summed E-state index contributed by atoms with van der Waals surface area (Å²) in [6.45, 7) is 6.95. The number of hydrogen-bond acceptors (Lipinski definition) is 1. The molecule has 3 atom stereocenters. The molecule has 2 rings (SSSR count). The van der Waals surface area contributed by atoms with Gasteiger partial charge in [-0.1, -0.05) is 37.6 Å². The maximum atomic E-state index is 9.86. The van der Waals surface area contributed by atoms with Crippen LogP contribution in [0.15, 0.2) is 23.8 Å². The molecule has 0 unspecified atom stereocenters. The third-order valence-corrected chi connectivity index (χ3v) is 4.48. The monoisotopic (exact) mass is 206 g/mol. The Bertz CT molecular complexity index is 298. The lowest BCUT2D eigenvalue weighted by atomic mass is 9.59. The number of aliphatic hydroxyl groups is 1. The molecule has 0 saturated carbocycles. The van der Waals surface area contributed by atoms with Crippen molar-refractivity contribution in [1.82, 2.24) is 0 Å². The lowest BCUT2D eigenvalue weighted by Crippen LogP contribution is -2.38. The Labute approximate surface area is 92.9 Å². The fourth-order valence-electron chi connectivity index (χ4n) is 3.26. The van der Waals surface area contributed by atoms with Crippen molar-refractivity contribution < 1.29 is 5.11 Å². The Morgan fingerprint density at radius 2 is 2.07 bits per heavy atom. The van der Waals surface area contributed by atoms with Crippen molar-refractivity contribution in [3.8, 4) is 0 Å². The molecule has 0 radical (unpaired) electrons. The molecule has 2 bridgehead atoms. The minimum Gasteiger partial charge on any atom is -0.389 e. The van der Waals surface area contributed by atoms with E-state index in [1.807, 2.05) is 6.08 Å². The van der Waals surface area contributed by atoms with Crippen molar-refractivity contribution in [3.63, 3.8) is 0 Å². The van der Waals surface area contributed by atoms with E-state index >= 15 is 0 Å². The smallest absolute Gasteiger partial charge is 0.0726 e. The van der Waals surface area contributed by atoms with Crippen molar-refractivity contribution in [2.24, 2.45) is 17.3 Å². The van der Waals surface area contributed by atoms with Gasteiger partial charge in [-0.25, -0.2) is 0 Å². The molecular weight excluding hydrogens is 184 g/mol. The van der Waals surface area contributed by atoms with Crippen LogP contribution in [0.1, 0.15) is 40.0 Å². The van der Waals surface area contributed by atoms with Crippen LogP contribution in [0.2, 0.25) is 0 Å². The number of fused-ring (bicyclic) bond motifs is 2. The Kier molecular flexibility index (Phi) is 2.76. The van der Waals surface area contributed by atoms with Crippen LogP contribution in [-0.4, -0.2) is 11.2 Å². The second-order valence-electron chi connectivity index (χ2n) is 5.72. The maximum absolute atomic E-state index is 9.86. The summed E-state index contributed by atoms with van der Waals surface area (Å²) in [5.41, 5.74) is 1.82. The lowest BCUT2D eigenvalue weighted by molar-refractivity contribution is 0.0779. The van der Waals surface area contributed by atoms with Gasteiger partial charge in [0.05, 0.1) is 6.10 Å². The molecule has 2 aliphatic rings. The first kappa shape index (κ1) is 10.9. The molecule has 0 amide bonds. The van der Waals surface area contributed by atoms with E-state index in [1.165, 1.54) is 12.0 Å². The number of allylic oxidation sites excluding steroid dienone is 3. The van der Waals surface area contributed by atoms with Crippen LogP contribution in [0.3, 0.4) is 0 Å². The molecule has 0 aliphatic heterocycles. The molecule has 0 heterocycles. The van der Waals surface area contributed by atoms with Crippen LogP contribution >= 0.6 is 0 Å². The highest BCUT2D eigenvalue weighted by Crippen LogP contribution is 2.49. The predicted molar refractivity (Wildman–Crippen MR) is 63.5 cm³/mol. The lowest BCUT2D eigenvalue weighted by Gasteiger charge is -2.46. The summed E-state index contributed by atoms with van der Waals surface area (Å²) >= 11 is 0. The normalized spacial score (nSPS) is 41.3. The van der Waals surface area contributed by atoms with Gasteiger partial charge in [-0.15, -0.1) is 0 Å². The molecular formula is C14H22O. The number of hydrogen-bond donors (Lipinski definition) is 1. The first-order valence-electron chi connectivity index (χ1n) is 6.03. The minimum atomic E-state index is -0.253. The van der Waals surface area contributed by atoms with Crippen LogP contribution < -0.4 is 0 Å². The van der Waals surface area contributed by atoms with Gasteiger partial charge in [0, 0.05) is 0 Å². The summed E-state index contributed by atoms with van der Waals surface area (Å²) in [5.74, 6) is 1.30. The minimum absolute atomic E-state index is 0.253. The summed E-state index contributed by atoms with van der Waals surface area (Å²) < 4.78 is 0. The quantitative estimate of drug-likeness (QED) is 0.603. The van der Waals surface area contributed by atoms with Crippen LogP contribution in [0, 0.1) is 17.3 Å². The standard InChI is InChI=1S/C14H22O/c1-10-7-8-11-5-4-6-12(15)9-13(10)14(11,2)3/h4,6-7,11-13,15H,5,8-9H2,1-3H3/b6-4-/t11-,12-,13+/m1/s1. The van der Waals surface area contributed by atoms with E-state index < -0.39 is 0 Å². The summed E-state index contributed by atoms with van der Waals surface area (Å²) in [7, 11) is 0. The molecule has 0 aromatic heterocycles. The summed E-state index contributed by atoms with van der Waals surface area (Å²) in [4.78, 5) is 0. The highest BCUT2D eigenvalue weighted by molar-refractivity contribution is 5.17. The van der Waals surface area contributed by atoms with Crippen molar-refractivity contribution >= 4 is 0 Å². The predicted octanol–water partition coefficient (Wildman–Crippen LogP) is 3.31. The highest BCUT2D eigenvalue weighted by Gasteiger charge is 2.40. The fourth-order valence-corrected chi connectivity index (χ4v) is 3.26.